The number of rotatable bonds is 8. The van der Waals surface area contributed by atoms with Crippen molar-refractivity contribution in [2.45, 2.75) is 32.3 Å². The van der Waals surface area contributed by atoms with Crippen molar-refractivity contribution in [1.29, 1.82) is 0 Å². The minimum Gasteiger partial charge on any atom is -0.489 e. The van der Waals surface area contributed by atoms with Crippen molar-refractivity contribution >= 4 is 11.8 Å². The molecule has 2 amide bonds. The Morgan fingerprint density at radius 1 is 0.906 bits per heavy atom. The molecular weight excluding hydrogens is 402 g/mol. The van der Waals surface area contributed by atoms with E-state index in [0.29, 0.717) is 24.6 Å². The lowest BCUT2D eigenvalue weighted by atomic mass is 10.1. The summed E-state index contributed by atoms with van der Waals surface area (Å²) < 4.78 is 5.83. The van der Waals surface area contributed by atoms with Crippen LogP contribution in [0.1, 0.15) is 41.6 Å². The first kappa shape index (κ1) is 22.3. The Hall–Kier alpha value is -2.86. The zero-order valence-electron chi connectivity index (χ0n) is 18.7. The highest BCUT2D eigenvalue weighted by Gasteiger charge is 2.29. The Bertz CT molecular complexity index is 888. The molecule has 6 nitrogen and oxygen atoms in total. The zero-order chi connectivity index (χ0) is 22.2. The van der Waals surface area contributed by atoms with Crippen LogP contribution in [-0.2, 0) is 11.4 Å². The first-order chi connectivity index (χ1) is 15.7. The lowest BCUT2D eigenvalue weighted by Crippen LogP contribution is -2.51. The van der Waals surface area contributed by atoms with Crippen molar-refractivity contribution in [2.24, 2.45) is 5.92 Å². The van der Waals surface area contributed by atoms with E-state index in [1.807, 2.05) is 59.5 Å². The summed E-state index contributed by atoms with van der Waals surface area (Å²) in [6, 6.07) is 17.2. The molecule has 0 atom stereocenters. The topological polar surface area (TPSA) is 61.9 Å². The molecule has 0 aromatic heterocycles. The first-order valence-electron chi connectivity index (χ1n) is 11.8. The van der Waals surface area contributed by atoms with Crippen molar-refractivity contribution in [1.82, 2.24) is 15.1 Å². The molecule has 170 valence electrons. The minimum absolute atomic E-state index is 0.0766. The molecule has 0 unspecified atom stereocenters. The molecule has 1 heterocycles. The molecule has 0 spiro atoms. The van der Waals surface area contributed by atoms with Crippen LogP contribution in [0.4, 0.5) is 0 Å². The van der Waals surface area contributed by atoms with Gasteiger partial charge in [0.1, 0.15) is 12.4 Å². The molecular formula is C26H33N3O3. The third kappa shape index (κ3) is 5.88. The van der Waals surface area contributed by atoms with Gasteiger partial charge in [0.2, 0.25) is 5.91 Å². The average Bonchev–Trinajstić information content (AvgIpc) is 3.39. The number of ether oxygens (including phenoxy) is 1. The molecule has 1 saturated heterocycles. The van der Waals surface area contributed by atoms with Crippen LogP contribution in [0.5, 0.6) is 5.75 Å². The van der Waals surface area contributed by atoms with Gasteiger partial charge in [-0.15, -0.1) is 0 Å². The van der Waals surface area contributed by atoms with E-state index in [4.69, 9.17) is 4.74 Å². The maximum absolute atomic E-state index is 12.8. The van der Waals surface area contributed by atoms with Gasteiger partial charge in [-0.1, -0.05) is 49.2 Å². The van der Waals surface area contributed by atoms with Crippen LogP contribution < -0.4 is 10.1 Å². The molecule has 2 fully saturated rings. The van der Waals surface area contributed by atoms with Crippen molar-refractivity contribution in [3.63, 3.8) is 0 Å². The van der Waals surface area contributed by atoms with Gasteiger partial charge in [0.05, 0.1) is 0 Å². The smallest absolute Gasteiger partial charge is 0.251 e. The van der Waals surface area contributed by atoms with Gasteiger partial charge in [-0.2, -0.15) is 0 Å². The third-order valence-corrected chi connectivity index (χ3v) is 6.50. The zero-order valence-corrected chi connectivity index (χ0v) is 18.7. The van der Waals surface area contributed by atoms with E-state index in [1.165, 1.54) is 12.8 Å². The van der Waals surface area contributed by atoms with E-state index in [9.17, 15) is 9.59 Å². The normalized spacial score (nSPS) is 17.3. The highest BCUT2D eigenvalue weighted by Crippen LogP contribution is 2.26. The van der Waals surface area contributed by atoms with E-state index in [-0.39, 0.29) is 11.8 Å². The highest BCUT2D eigenvalue weighted by atomic mass is 16.5. The van der Waals surface area contributed by atoms with Gasteiger partial charge in [0, 0.05) is 56.3 Å². The third-order valence-electron chi connectivity index (χ3n) is 6.50. The van der Waals surface area contributed by atoms with Crippen LogP contribution >= 0.6 is 0 Å². The largest absolute Gasteiger partial charge is 0.489 e. The summed E-state index contributed by atoms with van der Waals surface area (Å²) in [5.74, 6) is 1.32. The van der Waals surface area contributed by atoms with Crippen LogP contribution in [0.15, 0.2) is 54.6 Å². The Kier molecular flexibility index (Phi) is 7.77. The van der Waals surface area contributed by atoms with E-state index in [1.54, 1.807) is 0 Å². The molecule has 1 saturated carbocycles. The number of amides is 2. The Morgan fingerprint density at radius 3 is 2.34 bits per heavy atom. The molecule has 32 heavy (non-hydrogen) atoms. The Morgan fingerprint density at radius 2 is 1.59 bits per heavy atom. The summed E-state index contributed by atoms with van der Waals surface area (Å²) in [6.07, 6.45) is 4.50. The van der Waals surface area contributed by atoms with Gasteiger partial charge in [-0.25, -0.2) is 0 Å². The number of carbonyl (C=O) groups excluding carboxylic acids is 2. The maximum Gasteiger partial charge on any atom is 0.251 e. The summed E-state index contributed by atoms with van der Waals surface area (Å²) in [4.78, 5) is 29.7. The monoisotopic (exact) mass is 435 g/mol. The second kappa shape index (κ2) is 11.1. The van der Waals surface area contributed by atoms with Crippen LogP contribution in [0.2, 0.25) is 0 Å². The van der Waals surface area contributed by atoms with Crippen LogP contribution in [-0.4, -0.2) is 60.9 Å². The minimum atomic E-state index is -0.0766. The van der Waals surface area contributed by atoms with E-state index >= 15 is 0 Å². The van der Waals surface area contributed by atoms with Gasteiger partial charge >= 0.3 is 0 Å². The van der Waals surface area contributed by atoms with Crippen LogP contribution in [0, 0.1) is 5.92 Å². The summed E-state index contributed by atoms with van der Waals surface area (Å²) in [5, 5.41) is 3.05. The van der Waals surface area contributed by atoms with Crippen molar-refractivity contribution in [3.05, 3.63) is 65.7 Å². The quantitative estimate of drug-likeness (QED) is 0.691. The summed E-state index contributed by atoms with van der Waals surface area (Å²) >= 11 is 0. The molecule has 2 aromatic rings. The second-order valence-electron chi connectivity index (χ2n) is 8.66. The SMILES string of the molecule is O=C(NCCN1CCN(C(=O)C2CCCC2)CC1)c1ccccc1COc1ccccc1. The van der Waals surface area contributed by atoms with Gasteiger partial charge in [0.15, 0.2) is 0 Å². The number of hydrogen-bond donors (Lipinski definition) is 1. The fourth-order valence-electron chi connectivity index (χ4n) is 4.59. The molecule has 1 aliphatic carbocycles. The molecule has 2 aliphatic rings. The Labute approximate surface area is 190 Å². The lowest BCUT2D eigenvalue weighted by molar-refractivity contribution is -0.137. The lowest BCUT2D eigenvalue weighted by Gasteiger charge is -2.36. The van der Waals surface area contributed by atoms with E-state index in [0.717, 1.165) is 56.9 Å². The summed E-state index contributed by atoms with van der Waals surface area (Å²) in [7, 11) is 0. The fraction of sp³-hybridized carbons (Fsp3) is 0.462. The summed E-state index contributed by atoms with van der Waals surface area (Å²) in [5.41, 5.74) is 1.52. The number of nitrogens with zero attached hydrogens (tertiary/aromatic N) is 2. The van der Waals surface area contributed by atoms with Gasteiger partial charge in [-0.05, 0) is 31.0 Å². The number of piperazine rings is 1. The van der Waals surface area contributed by atoms with Crippen LogP contribution in [0.25, 0.3) is 0 Å². The molecule has 0 radical (unpaired) electrons. The molecule has 1 aliphatic heterocycles. The molecule has 4 rings (SSSR count). The average molecular weight is 436 g/mol. The highest BCUT2D eigenvalue weighted by molar-refractivity contribution is 5.95. The molecule has 2 aromatic carbocycles. The maximum atomic E-state index is 12.8. The van der Waals surface area contributed by atoms with Crippen molar-refractivity contribution in [3.8, 4) is 5.75 Å². The number of nitrogens with one attached hydrogen (secondary N) is 1. The predicted molar refractivity (Wildman–Crippen MR) is 125 cm³/mol. The number of carbonyl (C=O) groups is 2. The summed E-state index contributed by atoms with van der Waals surface area (Å²) in [6.45, 7) is 5.06. The molecule has 1 N–H and O–H groups in total. The van der Waals surface area contributed by atoms with Crippen molar-refractivity contribution in [2.75, 3.05) is 39.3 Å². The Balaban J connectivity index is 1.20. The predicted octanol–water partition coefficient (Wildman–Crippen LogP) is 3.33. The van der Waals surface area contributed by atoms with Crippen LogP contribution in [0.3, 0.4) is 0 Å². The number of hydrogen-bond acceptors (Lipinski definition) is 4. The second-order valence-corrected chi connectivity index (χ2v) is 8.66. The van der Waals surface area contributed by atoms with Gasteiger partial charge < -0.3 is 15.0 Å². The fourth-order valence-corrected chi connectivity index (χ4v) is 4.59. The van der Waals surface area contributed by atoms with Crippen molar-refractivity contribution < 1.29 is 14.3 Å². The van der Waals surface area contributed by atoms with E-state index < -0.39 is 0 Å². The number of benzene rings is 2. The standard InChI is InChI=1S/C26H33N3O3/c30-25(24-13-7-6-10-22(24)20-32-23-11-2-1-3-12-23)27-14-15-28-16-18-29(19-17-28)26(31)21-8-4-5-9-21/h1-3,6-7,10-13,21H,4-5,8-9,14-20H2,(H,27,30). The van der Waals surface area contributed by atoms with Gasteiger partial charge in [0.25, 0.3) is 5.91 Å². The molecule has 0 bridgehead atoms. The first-order valence-corrected chi connectivity index (χ1v) is 11.8. The van der Waals surface area contributed by atoms with E-state index in [2.05, 4.69) is 10.2 Å². The van der Waals surface area contributed by atoms with Gasteiger partial charge in [-0.3, -0.25) is 14.5 Å². The molecule has 6 heteroatoms. The number of para-hydroxylation sites is 1.